The summed E-state index contributed by atoms with van der Waals surface area (Å²) >= 11 is 5.87. The molecule has 4 nitrogen and oxygen atoms in total. The summed E-state index contributed by atoms with van der Waals surface area (Å²) in [5, 5.41) is 2.95. The molecule has 0 heterocycles. The van der Waals surface area contributed by atoms with Gasteiger partial charge in [-0.05, 0) is 18.2 Å². The van der Waals surface area contributed by atoms with E-state index in [-0.39, 0.29) is 5.91 Å². The van der Waals surface area contributed by atoms with Crippen molar-refractivity contribution in [3.05, 3.63) is 28.8 Å². The van der Waals surface area contributed by atoms with Gasteiger partial charge in [0.15, 0.2) is 0 Å². The lowest BCUT2D eigenvalue weighted by atomic mass is 10.2. The molecule has 88 valence electrons. The zero-order chi connectivity index (χ0) is 12.1. The van der Waals surface area contributed by atoms with E-state index in [1.807, 2.05) is 0 Å². The predicted octanol–water partition coefficient (Wildman–Crippen LogP) is 1.03. The molecule has 0 bridgehead atoms. The summed E-state index contributed by atoms with van der Waals surface area (Å²) in [4.78, 5) is 11.6. The lowest BCUT2D eigenvalue weighted by molar-refractivity contribution is 0.0956. The monoisotopic (exact) mass is 260 g/mol. The number of benzene rings is 1. The van der Waals surface area contributed by atoms with Crippen LogP contribution in [0.4, 0.5) is 5.69 Å². The third-order valence-corrected chi connectivity index (χ3v) is 3.00. The van der Waals surface area contributed by atoms with Crippen LogP contribution >= 0.6 is 11.6 Å². The van der Waals surface area contributed by atoms with Crippen molar-refractivity contribution in [3.63, 3.8) is 0 Å². The van der Waals surface area contributed by atoms with E-state index in [0.717, 1.165) is 0 Å². The summed E-state index contributed by atoms with van der Waals surface area (Å²) in [7, 11) is -0.915. The molecule has 0 saturated heterocycles. The summed E-state index contributed by atoms with van der Waals surface area (Å²) in [6.07, 6.45) is 1.59. The van der Waals surface area contributed by atoms with E-state index < -0.39 is 10.8 Å². The van der Waals surface area contributed by atoms with Crippen molar-refractivity contribution in [2.45, 2.75) is 0 Å². The van der Waals surface area contributed by atoms with Crippen LogP contribution in [-0.2, 0) is 10.8 Å². The first kappa shape index (κ1) is 13.0. The van der Waals surface area contributed by atoms with Gasteiger partial charge in [-0.2, -0.15) is 0 Å². The largest absolute Gasteiger partial charge is 0.399 e. The molecule has 6 heteroatoms. The quantitative estimate of drug-likeness (QED) is 0.795. The standard InChI is InChI=1S/C10H13ClN2O2S/c1-16(15)5-4-13-10(14)8-3-2-7(12)6-9(8)11/h2-3,6H,4-5,12H2,1H3,(H,13,14). The fraction of sp³-hybridized carbons (Fsp3) is 0.300. The average Bonchev–Trinajstić information content (AvgIpc) is 2.16. The number of hydrogen-bond donors (Lipinski definition) is 2. The molecule has 1 atom stereocenters. The van der Waals surface area contributed by atoms with Gasteiger partial charge in [-0.3, -0.25) is 9.00 Å². The molecule has 0 aliphatic carbocycles. The summed E-state index contributed by atoms with van der Waals surface area (Å²) in [6, 6.07) is 4.70. The zero-order valence-electron chi connectivity index (χ0n) is 8.83. The second-order valence-electron chi connectivity index (χ2n) is 3.27. The Balaban J connectivity index is 2.63. The number of nitrogens with one attached hydrogen (secondary N) is 1. The molecule has 0 radical (unpaired) electrons. The van der Waals surface area contributed by atoms with E-state index in [1.165, 1.54) is 6.07 Å². The fourth-order valence-electron chi connectivity index (χ4n) is 1.12. The van der Waals surface area contributed by atoms with Crippen molar-refractivity contribution in [2.75, 3.05) is 24.3 Å². The van der Waals surface area contributed by atoms with Crippen LogP contribution in [0.15, 0.2) is 18.2 Å². The molecule has 0 aromatic heterocycles. The van der Waals surface area contributed by atoms with Gasteiger partial charge in [-0.25, -0.2) is 0 Å². The van der Waals surface area contributed by atoms with Gasteiger partial charge in [0.25, 0.3) is 5.91 Å². The molecule has 3 N–H and O–H groups in total. The third-order valence-electron chi connectivity index (χ3n) is 1.91. The Morgan fingerprint density at radius 1 is 1.56 bits per heavy atom. The van der Waals surface area contributed by atoms with Gasteiger partial charge in [-0.1, -0.05) is 11.6 Å². The maximum atomic E-state index is 11.6. The Kier molecular flexibility index (Phi) is 4.76. The highest BCUT2D eigenvalue weighted by Gasteiger charge is 2.09. The lowest BCUT2D eigenvalue weighted by Gasteiger charge is -2.06. The smallest absolute Gasteiger partial charge is 0.252 e. The minimum atomic E-state index is -0.915. The van der Waals surface area contributed by atoms with Gasteiger partial charge in [0.2, 0.25) is 0 Å². The van der Waals surface area contributed by atoms with Gasteiger partial charge < -0.3 is 11.1 Å². The van der Waals surface area contributed by atoms with E-state index >= 15 is 0 Å². The highest BCUT2D eigenvalue weighted by atomic mass is 35.5. The SMILES string of the molecule is CS(=O)CCNC(=O)c1ccc(N)cc1Cl. The number of nitrogen functional groups attached to an aromatic ring is 1. The molecule has 1 rings (SSSR count). The minimum Gasteiger partial charge on any atom is -0.399 e. The van der Waals surface area contributed by atoms with E-state index in [4.69, 9.17) is 17.3 Å². The van der Waals surface area contributed by atoms with Crippen molar-refractivity contribution < 1.29 is 9.00 Å². The Morgan fingerprint density at radius 2 is 2.25 bits per heavy atom. The van der Waals surface area contributed by atoms with Gasteiger partial charge in [0, 0.05) is 35.0 Å². The van der Waals surface area contributed by atoms with Crippen LogP contribution in [0.1, 0.15) is 10.4 Å². The van der Waals surface area contributed by atoms with E-state index in [2.05, 4.69) is 5.32 Å². The Morgan fingerprint density at radius 3 is 2.81 bits per heavy atom. The number of amides is 1. The Labute approximate surface area is 102 Å². The summed E-state index contributed by atoms with van der Waals surface area (Å²) < 4.78 is 10.8. The number of carbonyl (C=O) groups is 1. The van der Waals surface area contributed by atoms with Crippen molar-refractivity contribution >= 4 is 34.0 Å². The van der Waals surface area contributed by atoms with Crippen molar-refractivity contribution in [1.82, 2.24) is 5.32 Å². The molecule has 0 saturated carbocycles. The van der Waals surface area contributed by atoms with E-state index in [1.54, 1.807) is 18.4 Å². The van der Waals surface area contributed by atoms with Gasteiger partial charge >= 0.3 is 0 Å². The molecule has 1 amide bonds. The molecule has 1 aromatic rings. The fourth-order valence-corrected chi connectivity index (χ4v) is 1.78. The van der Waals surface area contributed by atoms with Crippen LogP contribution in [-0.4, -0.2) is 28.7 Å². The van der Waals surface area contributed by atoms with Gasteiger partial charge in [0.05, 0.1) is 10.6 Å². The third kappa shape index (κ3) is 3.83. The van der Waals surface area contributed by atoms with E-state index in [9.17, 15) is 9.00 Å². The zero-order valence-corrected chi connectivity index (χ0v) is 10.4. The van der Waals surface area contributed by atoms with Crippen LogP contribution in [0.3, 0.4) is 0 Å². The number of anilines is 1. The molecular weight excluding hydrogens is 248 g/mol. The van der Waals surface area contributed by atoms with Crippen LogP contribution in [0.5, 0.6) is 0 Å². The molecular formula is C10H13ClN2O2S. The molecule has 1 aromatic carbocycles. The Hall–Kier alpha value is -1.07. The minimum absolute atomic E-state index is 0.282. The number of halogens is 1. The maximum absolute atomic E-state index is 11.6. The van der Waals surface area contributed by atoms with E-state index in [0.29, 0.717) is 28.6 Å². The van der Waals surface area contributed by atoms with Gasteiger partial charge in [0.1, 0.15) is 0 Å². The van der Waals surface area contributed by atoms with Gasteiger partial charge in [-0.15, -0.1) is 0 Å². The summed E-state index contributed by atoms with van der Waals surface area (Å²) in [5.41, 5.74) is 6.39. The first-order chi connectivity index (χ1) is 7.50. The van der Waals surface area contributed by atoms with Crippen LogP contribution in [0.2, 0.25) is 5.02 Å². The van der Waals surface area contributed by atoms with Crippen LogP contribution in [0.25, 0.3) is 0 Å². The maximum Gasteiger partial charge on any atom is 0.252 e. The number of carbonyl (C=O) groups excluding carboxylic acids is 1. The average molecular weight is 261 g/mol. The summed E-state index contributed by atoms with van der Waals surface area (Å²) in [6.45, 7) is 0.364. The first-order valence-electron chi connectivity index (χ1n) is 4.64. The van der Waals surface area contributed by atoms with Crippen molar-refractivity contribution in [2.24, 2.45) is 0 Å². The highest BCUT2D eigenvalue weighted by molar-refractivity contribution is 7.84. The number of nitrogens with two attached hydrogens (primary N) is 1. The van der Waals surface area contributed by atoms with Crippen molar-refractivity contribution in [1.29, 1.82) is 0 Å². The van der Waals surface area contributed by atoms with Crippen LogP contribution < -0.4 is 11.1 Å². The number of hydrogen-bond acceptors (Lipinski definition) is 3. The molecule has 1 unspecified atom stereocenters. The van der Waals surface area contributed by atoms with Crippen molar-refractivity contribution in [3.8, 4) is 0 Å². The highest BCUT2D eigenvalue weighted by Crippen LogP contribution is 2.18. The molecule has 0 aliphatic heterocycles. The Bertz CT molecular complexity index is 423. The number of rotatable bonds is 4. The molecule has 16 heavy (non-hydrogen) atoms. The second kappa shape index (κ2) is 5.86. The molecule has 0 spiro atoms. The normalized spacial score (nSPS) is 12.1. The lowest BCUT2D eigenvalue weighted by Crippen LogP contribution is -2.27. The first-order valence-corrected chi connectivity index (χ1v) is 6.74. The van der Waals surface area contributed by atoms with Crippen LogP contribution in [0, 0.1) is 0 Å². The summed E-state index contributed by atoms with van der Waals surface area (Å²) in [5.74, 6) is 0.147. The molecule has 0 fully saturated rings. The molecule has 0 aliphatic rings. The second-order valence-corrected chi connectivity index (χ2v) is 5.23. The topological polar surface area (TPSA) is 72.2 Å². The predicted molar refractivity (Wildman–Crippen MR) is 67.1 cm³/mol.